The molecule has 3 aromatic rings. The molecule has 1 amide bonds. The van der Waals surface area contributed by atoms with Gasteiger partial charge in [0.1, 0.15) is 0 Å². The lowest BCUT2D eigenvalue weighted by atomic mass is 10.2. The van der Waals surface area contributed by atoms with Crippen molar-refractivity contribution < 1.29 is 17.9 Å². The van der Waals surface area contributed by atoms with Crippen LogP contribution in [-0.4, -0.2) is 38.4 Å². The van der Waals surface area contributed by atoms with E-state index in [2.05, 4.69) is 4.99 Å². The fourth-order valence-corrected chi connectivity index (χ4v) is 5.26. The van der Waals surface area contributed by atoms with Crippen molar-refractivity contribution in [2.45, 2.75) is 18.4 Å². The van der Waals surface area contributed by atoms with E-state index in [1.165, 1.54) is 35.6 Å². The molecule has 3 rings (SSSR count). The van der Waals surface area contributed by atoms with Gasteiger partial charge < -0.3 is 9.30 Å². The van der Waals surface area contributed by atoms with Gasteiger partial charge >= 0.3 is 0 Å². The molecular formula is C19H18Cl2N2O4S2. The normalized spacial score (nSPS) is 12.6. The quantitative estimate of drug-likeness (QED) is 0.538. The Balaban J connectivity index is 2.08. The summed E-state index contributed by atoms with van der Waals surface area (Å²) in [6.45, 7) is 2.41. The van der Waals surface area contributed by atoms with E-state index >= 15 is 0 Å². The maximum Gasteiger partial charge on any atom is 0.279 e. The Morgan fingerprint density at radius 3 is 2.41 bits per heavy atom. The molecule has 29 heavy (non-hydrogen) atoms. The summed E-state index contributed by atoms with van der Waals surface area (Å²) in [6.07, 6.45) is 0. The highest BCUT2D eigenvalue weighted by atomic mass is 35.5. The van der Waals surface area contributed by atoms with Crippen molar-refractivity contribution in [1.29, 1.82) is 0 Å². The molecule has 2 aromatic carbocycles. The van der Waals surface area contributed by atoms with Crippen LogP contribution in [0.5, 0.6) is 0 Å². The third kappa shape index (κ3) is 4.57. The first-order valence-electron chi connectivity index (χ1n) is 8.66. The molecule has 1 aromatic heterocycles. The number of carbonyl (C=O) groups is 1. The van der Waals surface area contributed by atoms with Crippen LogP contribution in [0, 0.1) is 0 Å². The van der Waals surface area contributed by atoms with E-state index in [0.717, 1.165) is 4.70 Å². The second-order valence-electron chi connectivity index (χ2n) is 6.08. The van der Waals surface area contributed by atoms with Crippen LogP contribution in [-0.2, 0) is 21.1 Å². The minimum Gasteiger partial charge on any atom is -0.383 e. The molecule has 0 aliphatic rings. The average Bonchev–Trinajstić information content (AvgIpc) is 3.08. The summed E-state index contributed by atoms with van der Waals surface area (Å²) in [4.78, 5) is 17.5. The van der Waals surface area contributed by atoms with E-state index in [9.17, 15) is 13.2 Å². The zero-order valence-corrected chi connectivity index (χ0v) is 18.8. The fourth-order valence-electron chi connectivity index (χ4n) is 2.71. The number of methoxy groups -OCH3 is 1. The van der Waals surface area contributed by atoms with Crippen LogP contribution in [0.25, 0.3) is 10.2 Å². The molecule has 0 atom stereocenters. The van der Waals surface area contributed by atoms with Crippen molar-refractivity contribution in [3.05, 3.63) is 56.8 Å². The molecular weight excluding hydrogens is 455 g/mol. The summed E-state index contributed by atoms with van der Waals surface area (Å²) >= 11 is 13.9. The van der Waals surface area contributed by atoms with Crippen molar-refractivity contribution in [2.24, 2.45) is 4.99 Å². The van der Waals surface area contributed by atoms with Gasteiger partial charge in [-0.2, -0.15) is 4.99 Å². The Kier molecular flexibility index (Phi) is 6.80. The number of hydrogen-bond donors (Lipinski definition) is 0. The van der Waals surface area contributed by atoms with Gasteiger partial charge in [0.2, 0.25) is 0 Å². The molecule has 0 unspecified atom stereocenters. The van der Waals surface area contributed by atoms with Gasteiger partial charge in [-0.05, 0) is 36.4 Å². The molecule has 0 spiro atoms. The first-order valence-corrected chi connectivity index (χ1v) is 11.9. The number of sulfone groups is 1. The first-order chi connectivity index (χ1) is 13.8. The number of hydrogen-bond acceptors (Lipinski definition) is 5. The lowest BCUT2D eigenvalue weighted by Gasteiger charge is -2.06. The zero-order chi connectivity index (χ0) is 21.2. The van der Waals surface area contributed by atoms with Crippen LogP contribution >= 0.6 is 34.5 Å². The molecule has 6 nitrogen and oxygen atoms in total. The van der Waals surface area contributed by atoms with Crippen LogP contribution in [0.2, 0.25) is 10.0 Å². The van der Waals surface area contributed by atoms with Gasteiger partial charge in [0, 0.05) is 19.2 Å². The molecule has 0 saturated carbocycles. The maximum absolute atomic E-state index is 12.7. The Hall–Kier alpha value is -1.71. The maximum atomic E-state index is 12.7. The van der Waals surface area contributed by atoms with Gasteiger partial charge in [0.15, 0.2) is 14.6 Å². The molecule has 0 aliphatic carbocycles. The van der Waals surface area contributed by atoms with Crippen molar-refractivity contribution >= 4 is 60.5 Å². The predicted molar refractivity (Wildman–Crippen MR) is 116 cm³/mol. The van der Waals surface area contributed by atoms with Crippen molar-refractivity contribution in [3.63, 3.8) is 0 Å². The van der Waals surface area contributed by atoms with Crippen molar-refractivity contribution in [3.8, 4) is 0 Å². The zero-order valence-electron chi connectivity index (χ0n) is 15.7. The molecule has 1 heterocycles. The van der Waals surface area contributed by atoms with Gasteiger partial charge in [-0.3, -0.25) is 4.79 Å². The van der Waals surface area contributed by atoms with E-state index in [1.54, 1.807) is 30.7 Å². The lowest BCUT2D eigenvalue weighted by Crippen LogP contribution is -2.19. The van der Waals surface area contributed by atoms with Crippen LogP contribution in [0.1, 0.15) is 17.3 Å². The number of amides is 1. The second kappa shape index (κ2) is 8.97. The van der Waals surface area contributed by atoms with E-state index in [4.69, 9.17) is 27.9 Å². The number of aromatic nitrogens is 1. The molecule has 154 valence electrons. The van der Waals surface area contributed by atoms with Gasteiger partial charge in [0.05, 0.1) is 37.5 Å². The van der Waals surface area contributed by atoms with Crippen LogP contribution in [0.15, 0.2) is 46.3 Å². The number of fused-ring (bicyclic) bond motifs is 1. The Morgan fingerprint density at radius 1 is 1.14 bits per heavy atom. The summed E-state index contributed by atoms with van der Waals surface area (Å²) in [7, 11) is -1.75. The van der Waals surface area contributed by atoms with Gasteiger partial charge in [-0.1, -0.05) is 41.5 Å². The summed E-state index contributed by atoms with van der Waals surface area (Å²) in [5.74, 6) is -0.497. The second-order valence-corrected chi connectivity index (χ2v) is 10.2. The van der Waals surface area contributed by atoms with Crippen molar-refractivity contribution in [1.82, 2.24) is 4.57 Å². The largest absolute Gasteiger partial charge is 0.383 e. The number of ether oxygens (including phenoxy) is 1. The minimum absolute atomic E-state index is 0.00648. The Labute approximate surface area is 182 Å². The molecule has 0 saturated heterocycles. The molecule has 0 aliphatic heterocycles. The number of halogens is 2. The van der Waals surface area contributed by atoms with E-state index in [1.807, 2.05) is 0 Å². The van der Waals surface area contributed by atoms with Crippen LogP contribution < -0.4 is 4.80 Å². The van der Waals surface area contributed by atoms with Crippen molar-refractivity contribution in [2.75, 3.05) is 19.5 Å². The number of carbonyl (C=O) groups excluding carboxylic acids is 1. The van der Waals surface area contributed by atoms with E-state index < -0.39 is 15.7 Å². The first kappa shape index (κ1) is 22.0. The van der Waals surface area contributed by atoms with Crippen LogP contribution in [0.4, 0.5) is 0 Å². The number of benzene rings is 2. The Morgan fingerprint density at radius 2 is 1.79 bits per heavy atom. The molecule has 0 bridgehead atoms. The summed E-state index contributed by atoms with van der Waals surface area (Å²) < 4.78 is 31.6. The third-order valence-corrected chi connectivity index (χ3v) is 7.88. The highest BCUT2D eigenvalue weighted by Gasteiger charge is 2.15. The lowest BCUT2D eigenvalue weighted by molar-refractivity contribution is 0.0997. The number of rotatable bonds is 6. The summed E-state index contributed by atoms with van der Waals surface area (Å²) in [5.41, 5.74) is 0.977. The van der Waals surface area contributed by atoms with E-state index in [0.29, 0.717) is 33.5 Å². The molecule has 0 fully saturated rings. The van der Waals surface area contributed by atoms with Gasteiger partial charge in [-0.25, -0.2) is 8.42 Å². The molecule has 0 radical (unpaired) electrons. The highest BCUT2D eigenvalue weighted by Crippen LogP contribution is 2.31. The Bertz CT molecular complexity index is 1230. The monoisotopic (exact) mass is 472 g/mol. The molecule has 0 N–H and O–H groups in total. The minimum atomic E-state index is -3.33. The van der Waals surface area contributed by atoms with Gasteiger partial charge in [-0.15, -0.1) is 0 Å². The number of nitrogens with zero attached hydrogens (tertiary/aromatic N) is 2. The fraction of sp³-hybridized carbons (Fsp3) is 0.263. The third-order valence-electron chi connectivity index (χ3n) is 4.29. The van der Waals surface area contributed by atoms with Gasteiger partial charge in [0.25, 0.3) is 5.91 Å². The number of thiazole rings is 1. The van der Waals surface area contributed by atoms with Crippen LogP contribution in [0.3, 0.4) is 0 Å². The summed E-state index contributed by atoms with van der Waals surface area (Å²) in [5, 5.41) is 1.02. The predicted octanol–water partition coefficient (Wildman–Crippen LogP) is 4.19. The average molecular weight is 473 g/mol. The smallest absolute Gasteiger partial charge is 0.279 e. The van der Waals surface area contributed by atoms with E-state index in [-0.39, 0.29) is 16.2 Å². The summed E-state index contributed by atoms with van der Waals surface area (Å²) in [6, 6.07) is 9.14. The topological polar surface area (TPSA) is 77.7 Å². The SMILES string of the molecule is CCS(=O)(=O)c1ccc(C(=O)N=c2sc3c(Cl)ccc(Cl)c3n2CCOC)cc1. The highest BCUT2D eigenvalue weighted by molar-refractivity contribution is 7.91. The standard InChI is InChI=1S/C19H18Cl2N2O4S2/c1-3-29(25,26)13-6-4-12(5-7-13)18(24)22-19-23(10-11-27-2)16-14(20)8-9-15(21)17(16)28-19/h4-9H,3,10-11H2,1-2H3. The molecule has 10 heteroatoms.